The van der Waals surface area contributed by atoms with E-state index in [9.17, 15) is 4.79 Å². The Morgan fingerprint density at radius 3 is 2.62 bits per heavy atom. The van der Waals surface area contributed by atoms with E-state index in [0.29, 0.717) is 24.7 Å². The van der Waals surface area contributed by atoms with Gasteiger partial charge in [0.15, 0.2) is 5.16 Å². The summed E-state index contributed by atoms with van der Waals surface area (Å²) in [5.74, 6) is 0.986. The summed E-state index contributed by atoms with van der Waals surface area (Å²) in [6.45, 7) is 5.13. The summed E-state index contributed by atoms with van der Waals surface area (Å²) in [5, 5.41) is 17.5. The molecule has 0 aliphatic heterocycles. The van der Waals surface area contributed by atoms with Crippen LogP contribution in [0.3, 0.4) is 0 Å². The van der Waals surface area contributed by atoms with Gasteiger partial charge >= 0.3 is 0 Å². The fraction of sp³-hybridized carbons (Fsp3) is 0.500. The predicted octanol–water partition coefficient (Wildman–Crippen LogP) is 4.34. The molecule has 7 nitrogen and oxygen atoms in total. The number of rotatable bonds is 9. The summed E-state index contributed by atoms with van der Waals surface area (Å²) < 4.78 is 4.25. The highest BCUT2D eigenvalue weighted by Gasteiger charge is 2.23. The summed E-state index contributed by atoms with van der Waals surface area (Å²) in [5.41, 5.74) is 3.51. The molecule has 0 radical (unpaired) electrons. The fourth-order valence-electron chi connectivity index (χ4n) is 4.62. The molecule has 2 aromatic heterocycles. The summed E-state index contributed by atoms with van der Waals surface area (Å²) in [6, 6.07) is 10.7. The maximum absolute atomic E-state index is 12.9. The lowest BCUT2D eigenvalue weighted by molar-refractivity contribution is 0.0951. The Bertz CT molecular complexity index is 1050. The molecule has 1 aliphatic carbocycles. The zero-order chi connectivity index (χ0) is 22.5. The van der Waals surface area contributed by atoms with Gasteiger partial charge in [-0.2, -0.15) is 5.10 Å². The molecule has 170 valence electrons. The van der Waals surface area contributed by atoms with Crippen molar-refractivity contribution in [2.75, 3.05) is 12.8 Å². The van der Waals surface area contributed by atoms with E-state index in [0.717, 1.165) is 35.2 Å². The van der Waals surface area contributed by atoms with Gasteiger partial charge in [0, 0.05) is 24.7 Å². The number of thioether (sulfide) groups is 1. The Kier molecular flexibility index (Phi) is 7.29. The Labute approximate surface area is 194 Å². The molecule has 2 heterocycles. The summed E-state index contributed by atoms with van der Waals surface area (Å²) in [6.07, 6.45) is 8.69. The van der Waals surface area contributed by atoms with E-state index in [1.54, 1.807) is 11.8 Å². The quantitative estimate of drug-likeness (QED) is 0.386. The minimum Gasteiger partial charge on any atom is -0.352 e. The number of aryl methyl sites for hydroxylation is 2. The number of aromatic nitrogens is 5. The number of carbonyl (C=O) groups excluding carboxylic acids is 1. The van der Waals surface area contributed by atoms with Crippen LogP contribution in [0.25, 0.3) is 0 Å². The van der Waals surface area contributed by atoms with Gasteiger partial charge in [-0.05, 0) is 44.9 Å². The second-order valence-electron chi connectivity index (χ2n) is 8.46. The van der Waals surface area contributed by atoms with Crippen LogP contribution in [0.15, 0.2) is 35.5 Å². The third-order valence-corrected chi connectivity index (χ3v) is 6.90. The Balaban J connectivity index is 1.35. The maximum Gasteiger partial charge on any atom is 0.255 e. The van der Waals surface area contributed by atoms with Crippen LogP contribution in [-0.4, -0.2) is 43.3 Å². The number of amides is 1. The topological polar surface area (TPSA) is 77.6 Å². The van der Waals surface area contributed by atoms with Crippen molar-refractivity contribution in [1.82, 2.24) is 29.9 Å². The van der Waals surface area contributed by atoms with Crippen LogP contribution in [0.2, 0.25) is 0 Å². The van der Waals surface area contributed by atoms with E-state index in [1.165, 1.54) is 31.2 Å². The SMILES string of the molecule is CSc1nnc(CCCNC(=O)c2c(C)nn(Cc3ccccc3)c2C)n1C1CCCC1. The predicted molar refractivity (Wildman–Crippen MR) is 127 cm³/mol. The molecule has 1 fully saturated rings. The van der Waals surface area contributed by atoms with Crippen LogP contribution < -0.4 is 5.32 Å². The first-order valence-corrected chi connectivity index (χ1v) is 12.6. The van der Waals surface area contributed by atoms with Crippen molar-refractivity contribution in [2.45, 2.75) is 70.1 Å². The van der Waals surface area contributed by atoms with Crippen molar-refractivity contribution in [3.05, 3.63) is 58.7 Å². The first kappa shape index (κ1) is 22.6. The number of benzene rings is 1. The lowest BCUT2D eigenvalue weighted by Crippen LogP contribution is -2.26. The zero-order valence-corrected chi connectivity index (χ0v) is 20.0. The number of hydrogen-bond donors (Lipinski definition) is 1. The summed E-state index contributed by atoms with van der Waals surface area (Å²) >= 11 is 1.66. The smallest absolute Gasteiger partial charge is 0.255 e. The van der Waals surface area contributed by atoms with Gasteiger partial charge in [0.25, 0.3) is 5.91 Å². The maximum atomic E-state index is 12.9. The third-order valence-electron chi connectivity index (χ3n) is 6.25. The highest BCUT2D eigenvalue weighted by Crippen LogP contribution is 2.33. The molecule has 0 spiro atoms. The van der Waals surface area contributed by atoms with Gasteiger partial charge in [-0.25, -0.2) is 0 Å². The van der Waals surface area contributed by atoms with Crippen LogP contribution in [0.5, 0.6) is 0 Å². The largest absolute Gasteiger partial charge is 0.352 e. The van der Waals surface area contributed by atoms with E-state index in [2.05, 4.69) is 43.6 Å². The van der Waals surface area contributed by atoms with Crippen LogP contribution in [0.1, 0.15) is 71.3 Å². The van der Waals surface area contributed by atoms with Crippen molar-refractivity contribution in [2.24, 2.45) is 0 Å². The van der Waals surface area contributed by atoms with Crippen molar-refractivity contribution in [3.63, 3.8) is 0 Å². The van der Waals surface area contributed by atoms with Crippen molar-refractivity contribution in [1.29, 1.82) is 0 Å². The molecule has 8 heteroatoms. The molecule has 32 heavy (non-hydrogen) atoms. The van der Waals surface area contributed by atoms with Gasteiger partial charge in [-0.3, -0.25) is 9.48 Å². The van der Waals surface area contributed by atoms with Gasteiger partial charge in [0.1, 0.15) is 5.82 Å². The van der Waals surface area contributed by atoms with E-state index in [1.807, 2.05) is 36.7 Å². The van der Waals surface area contributed by atoms with Gasteiger partial charge in [-0.15, -0.1) is 10.2 Å². The highest BCUT2D eigenvalue weighted by molar-refractivity contribution is 7.98. The fourth-order valence-corrected chi connectivity index (χ4v) is 5.19. The molecule has 4 rings (SSSR count). The zero-order valence-electron chi connectivity index (χ0n) is 19.2. The second kappa shape index (κ2) is 10.3. The molecule has 1 amide bonds. The molecule has 0 unspecified atom stereocenters. The van der Waals surface area contributed by atoms with E-state index in [4.69, 9.17) is 0 Å². The van der Waals surface area contributed by atoms with Crippen molar-refractivity contribution in [3.8, 4) is 0 Å². The number of hydrogen-bond acceptors (Lipinski definition) is 5. The second-order valence-corrected chi connectivity index (χ2v) is 9.23. The lowest BCUT2D eigenvalue weighted by atomic mass is 10.1. The molecular weight excluding hydrogens is 420 g/mol. The average Bonchev–Trinajstić information content (AvgIpc) is 3.51. The molecule has 0 bridgehead atoms. The molecule has 1 aliphatic rings. The van der Waals surface area contributed by atoms with Crippen LogP contribution in [0, 0.1) is 13.8 Å². The summed E-state index contributed by atoms with van der Waals surface area (Å²) in [7, 11) is 0. The van der Waals surface area contributed by atoms with Crippen LogP contribution in [0.4, 0.5) is 0 Å². The van der Waals surface area contributed by atoms with E-state index < -0.39 is 0 Å². The van der Waals surface area contributed by atoms with Gasteiger partial charge in [0.05, 0.1) is 17.8 Å². The number of carbonyl (C=O) groups is 1. The molecule has 3 aromatic rings. The molecule has 0 atom stereocenters. The van der Waals surface area contributed by atoms with E-state index >= 15 is 0 Å². The molecule has 1 aromatic carbocycles. The number of nitrogens with zero attached hydrogens (tertiary/aromatic N) is 5. The standard InChI is InChI=1S/C24H32N6OS/c1-17-22(18(2)29(28-17)16-19-10-5-4-6-11-19)23(31)25-15-9-14-21-26-27-24(32-3)30(21)20-12-7-8-13-20/h4-6,10-11,20H,7-9,12-16H2,1-3H3,(H,25,31). The average molecular weight is 453 g/mol. The first-order chi connectivity index (χ1) is 15.6. The van der Waals surface area contributed by atoms with Crippen molar-refractivity contribution >= 4 is 17.7 Å². The van der Waals surface area contributed by atoms with Crippen molar-refractivity contribution < 1.29 is 4.79 Å². The highest BCUT2D eigenvalue weighted by atomic mass is 32.2. The molecule has 1 saturated carbocycles. The minimum atomic E-state index is -0.0543. The molecule has 0 saturated heterocycles. The number of nitrogens with one attached hydrogen (secondary N) is 1. The Hall–Kier alpha value is -2.61. The Morgan fingerprint density at radius 1 is 1.16 bits per heavy atom. The minimum absolute atomic E-state index is 0.0543. The normalized spacial score (nSPS) is 14.2. The van der Waals surface area contributed by atoms with Gasteiger partial charge in [-0.1, -0.05) is 54.9 Å². The monoisotopic (exact) mass is 452 g/mol. The molecular formula is C24H32N6OS. The van der Waals surface area contributed by atoms with Gasteiger partial charge < -0.3 is 9.88 Å². The lowest BCUT2D eigenvalue weighted by Gasteiger charge is -2.16. The Morgan fingerprint density at radius 2 is 1.91 bits per heavy atom. The third kappa shape index (κ3) is 4.90. The van der Waals surface area contributed by atoms with Crippen LogP contribution in [-0.2, 0) is 13.0 Å². The molecule has 1 N–H and O–H groups in total. The van der Waals surface area contributed by atoms with E-state index in [-0.39, 0.29) is 5.91 Å². The van der Waals surface area contributed by atoms with Crippen LogP contribution >= 0.6 is 11.8 Å². The summed E-state index contributed by atoms with van der Waals surface area (Å²) in [4.78, 5) is 12.9. The van der Waals surface area contributed by atoms with Gasteiger partial charge in [0.2, 0.25) is 0 Å². The first-order valence-electron chi connectivity index (χ1n) is 11.4.